The first-order valence-corrected chi connectivity index (χ1v) is 12.6. The van der Waals surface area contributed by atoms with Crippen LogP contribution < -0.4 is 10.6 Å². The van der Waals surface area contributed by atoms with Crippen LogP contribution in [0.3, 0.4) is 0 Å². The Kier molecular flexibility index (Phi) is 6.82. The van der Waals surface area contributed by atoms with Crippen molar-refractivity contribution in [2.45, 2.75) is 32.4 Å². The van der Waals surface area contributed by atoms with Crippen LogP contribution in [0.4, 0.5) is 5.69 Å². The highest BCUT2D eigenvalue weighted by atomic mass is 32.1. The summed E-state index contributed by atoms with van der Waals surface area (Å²) in [6, 6.07) is 29.3. The van der Waals surface area contributed by atoms with Gasteiger partial charge in [-0.15, -0.1) is 0 Å². The van der Waals surface area contributed by atoms with Gasteiger partial charge in [0, 0.05) is 42.0 Å². The summed E-state index contributed by atoms with van der Waals surface area (Å²) in [5, 5.41) is 7.90. The first-order valence-electron chi connectivity index (χ1n) is 12.1. The van der Waals surface area contributed by atoms with Crippen LogP contribution in [0.25, 0.3) is 5.69 Å². The van der Waals surface area contributed by atoms with Crippen molar-refractivity contribution in [2.24, 2.45) is 0 Å². The number of hydrogen-bond donors (Lipinski definition) is 2. The van der Waals surface area contributed by atoms with Crippen LogP contribution in [0.15, 0.2) is 91.1 Å². The van der Waals surface area contributed by atoms with Crippen LogP contribution in [-0.2, 0) is 0 Å². The Hall–Kier alpha value is -3.64. The number of nitrogens with zero attached hydrogens (tertiary/aromatic N) is 3. The molecule has 178 valence electrons. The topological polar surface area (TPSA) is 45.1 Å². The van der Waals surface area contributed by atoms with Gasteiger partial charge in [-0.3, -0.25) is 4.98 Å². The number of rotatable bonds is 8. The van der Waals surface area contributed by atoms with Gasteiger partial charge in [-0.1, -0.05) is 42.5 Å². The summed E-state index contributed by atoms with van der Waals surface area (Å²) in [6.45, 7) is 6.12. The van der Waals surface area contributed by atoms with Crippen LogP contribution in [-0.4, -0.2) is 32.7 Å². The summed E-state index contributed by atoms with van der Waals surface area (Å²) in [5.41, 5.74) is 7.06. The molecule has 35 heavy (non-hydrogen) atoms. The Morgan fingerprint density at radius 3 is 2.37 bits per heavy atom. The fourth-order valence-electron chi connectivity index (χ4n) is 5.08. The molecule has 0 aliphatic carbocycles. The molecule has 4 aromatic rings. The van der Waals surface area contributed by atoms with Gasteiger partial charge in [-0.2, -0.15) is 0 Å². The fourth-order valence-corrected chi connectivity index (χ4v) is 5.42. The molecule has 0 bridgehead atoms. The lowest BCUT2D eigenvalue weighted by Gasteiger charge is -2.28. The standard InChI is InChI=1S/C29H31N5S/c1-21-20-25(22(2)34(21)24-14-7-4-8-15-24)28-27(26-16-9-10-17-31-26)32-29(35)33(28)19-11-18-30-23-12-5-3-6-13-23/h3-10,12-17,20,27-28,30H,11,18-19H2,1-2H3,(H,32,35). The SMILES string of the molecule is Cc1cc(C2C(c3ccccn3)NC(=S)N2CCCNc2ccccc2)c(C)n1-c1ccccc1. The normalized spacial score (nSPS) is 17.4. The zero-order valence-corrected chi connectivity index (χ0v) is 21.0. The maximum Gasteiger partial charge on any atom is 0.170 e. The Morgan fingerprint density at radius 1 is 0.943 bits per heavy atom. The molecule has 2 aromatic heterocycles. The smallest absolute Gasteiger partial charge is 0.170 e. The number of anilines is 1. The number of thiocarbonyl (C=S) groups is 1. The molecule has 1 fully saturated rings. The van der Waals surface area contributed by atoms with Crippen molar-refractivity contribution in [1.29, 1.82) is 0 Å². The number of pyridine rings is 1. The molecule has 6 heteroatoms. The number of para-hydroxylation sites is 2. The molecule has 0 radical (unpaired) electrons. The third-order valence-corrected chi connectivity index (χ3v) is 7.03. The monoisotopic (exact) mass is 481 g/mol. The average Bonchev–Trinajstić information content (AvgIpc) is 3.38. The van der Waals surface area contributed by atoms with Crippen molar-refractivity contribution >= 4 is 23.0 Å². The van der Waals surface area contributed by atoms with Gasteiger partial charge in [0.2, 0.25) is 0 Å². The van der Waals surface area contributed by atoms with Gasteiger partial charge in [0.25, 0.3) is 0 Å². The zero-order chi connectivity index (χ0) is 24.2. The molecular formula is C29H31N5S. The predicted molar refractivity (Wildman–Crippen MR) is 147 cm³/mol. The highest BCUT2D eigenvalue weighted by Gasteiger charge is 2.41. The van der Waals surface area contributed by atoms with Crippen LogP contribution in [0.1, 0.15) is 41.1 Å². The van der Waals surface area contributed by atoms with Crippen molar-refractivity contribution in [3.05, 3.63) is 114 Å². The van der Waals surface area contributed by atoms with Crippen LogP contribution in [0.2, 0.25) is 0 Å². The summed E-state index contributed by atoms with van der Waals surface area (Å²) in [6.07, 6.45) is 2.83. The van der Waals surface area contributed by atoms with Crippen LogP contribution in [0.5, 0.6) is 0 Å². The lowest BCUT2D eigenvalue weighted by atomic mass is 9.96. The van der Waals surface area contributed by atoms with E-state index in [0.29, 0.717) is 0 Å². The Labute approximate surface area is 212 Å². The molecule has 2 aromatic carbocycles. The second kappa shape index (κ2) is 10.3. The Bertz CT molecular complexity index is 1270. The van der Waals surface area contributed by atoms with Gasteiger partial charge < -0.3 is 20.1 Å². The van der Waals surface area contributed by atoms with E-state index in [2.05, 4.69) is 101 Å². The van der Waals surface area contributed by atoms with Crippen molar-refractivity contribution in [3.8, 4) is 5.69 Å². The molecule has 1 saturated heterocycles. The van der Waals surface area contributed by atoms with Crippen molar-refractivity contribution in [3.63, 3.8) is 0 Å². The number of aryl methyl sites for hydroxylation is 1. The van der Waals surface area contributed by atoms with Gasteiger partial charge >= 0.3 is 0 Å². The largest absolute Gasteiger partial charge is 0.385 e. The Balaban J connectivity index is 1.45. The molecule has 0 saturated carbocycles. The van der Waals surface area contributed by atoms with Gasteiger partial charge in [0.15, 0.2) is 5.11 Å². The zero-order valence-electron chi connectivity index (χ0n) is 20.2. The van der Waals surface area contributed by atoms with Gasteiger partial charge in [-0.25, -0.2) is 0 Å². The molecule has 0 spiro atoms. The lowest BCUT2D eigenvalue weighted by molar-refractivity contribution is 0.315. The maximum atomic E-state index is 5.87. The van der Waals surface area contributed by atoms with E-state index in [0.717, 1.165) is 36.0 Å². The van der Waals surface area contributed by atoms with E-state index in [9.17, 15) is 0 Å². The number of benzene rings is 2. The minimum atomic E-state index is -0.00416. The minimum absolute atomic E-state index is 0.00416. The Morgan fingerprint density at radius 2 is 1.66 bits per heavy atom. The molecule has 0 amide bonds. The van der Waals surface area contributed by atoms with E-state index in [1.807, 2.05) is 24.4 Å². The molecule has 2 N–H and O–H groups in total. The van der Waals surface area contributed by atoms with Crippen molar-refractivity contribution < 1.29 is 0 Å². The number of aromatic nitrogens is 2. The van der Waals surface area contributed by atoms with Crippen LogP contribution in [0, 0.1) is 13.8 Å². The van der Waals surface area contributed by atoms with E-state index in [-0.39, 0.29) is 12.1 Å². The second-order valence-corrected chi connectivity index (χ2v) is 9.35. The molecule has 5 nitrogen and oxygen atoms in total. The number of hydrogen-bond acceptors (Lipinski definition) is 3. The molecule has 2 unspecified atom stereocenters. The van der Waals surface area contributed by atoms with E-state index < -0.39 is 0 Å². The summed E-state index contributed by atoms with van der Waals surface area (Å²) < 4.78 is 2.33. The minimum Gasteiger partial charge on any atom is -0.385 e. The molecule has 3 heterocycles. The highest BCUT2D eigenvalue weighted by molar-refractivity contribution is 7.80. The molecule has 1 aliphatic heterocycles. The van der Waals surface area contributed by atoms with Crippen LogP contribution >= 0.6 is 12.2 Å². The van der Waals surface area contributed by atoms with Gasteiger partial charge in [0.05, 0.1) is 17.8 Å². The lowest BCUT2D eigenvalue weighted by Crippen LogP contribution is -2.31. The third kappa shape index (κ3) is 4.80. The molecule has 1 aliphatic rings. The molecular weight excluding hydrogens is 450 g/mol. The van der Waals surface area contributed by atoms with E-state index in [1.165, 1.54) is 22.6 Å². The van der Waals surface area contributed by atoms with Gasteiger partial charge in [-0.05, 0) is 80.5 Å². The molecule has 5 rings (SSSR count). The summed E-state index contributed by atoms with van der Waals surface area (Å²) >= 11 is 5.87. The first kappa shape index (κ1) is 23.1. The summed E-state index contributed by atoms with van der Waals surface area (Å²) in [7, 11) is 0. The summed E-state index contributed by atoms with van der Waals surface area (Å²) in [4.78, 5) is 7.04. The maximum absolute atomic E-state index is 5.87. The predicted octanol–water partition coefficient (Wildman–Crippen LogP) is 5.96. The quantitative estimate of drug-likeness (QED) is 0.240. The summed E-state index contributed by atoms with van der Waals surface area (Å²) in [5.74, 6) is 0. The first-order chi connectivity index (χ1) is 17.1. The number of nitrogens with one attached hydrogen (secondary N) is 2. The van der Waals surface area contributed by atoms with Crippen molar-refractivity contribution in [1.82, 2.24) is 19.8 Å². The van der Waals surface area contributed by atoms with Gasteiger partial charge in [0.1, 0.15) is 0 Å². The molecule has 2 atom stereocenters. The average molecular weight is 482 g/mol. The highest BCUT2D eigenvalue weighted by Crippen LogP contribution is 2.41. The second-order valence-electron chi connectivity index (χ2n) is 8.96. The van der Waals surface area contributed by atoms with E-state index in [1.54, 1.807) is 0 Å². The third-order valence-electron chi connectivity index (χ3n) is 6.68. The fraction of sp³-hybridized carbons (Fsp3) is 0.241. The van der Waals surface area contributed by atoms with E-state index >= 15 is 0 Å². The van der Waals surface area contributed by atoms with E-state index in [4.69, 9.17) is 17.2 Å². The van der Waals surface area contributed by atoms with Crippen molar-refractivity contribution in [2.75, 3.05) is 18.4 Å².